The van der Waals surface area contributed by atoms with E-state index in [1.807, 2.05) is 0 Å². The molecule has 2 saturated heterocycles. The number of nitrogens with one attached hydrogen (secondary N) is 1. The van der Waals surface area contributed by atoms with Gasteiger partial charge in [-0.25, -0.2) is 0 Å². The van der Waals surface area contributed by atoms with Crippen molar-refractivity contribution in [2.75, 3.05) is 58.9 Å². The summed E-state index contributed by atoms with van der Waals surface area (Å²) in [6, 6.07) is 0. The van der Waals surface area contributed by atoms with E-state index in [0.717, 1.165) is 58.3 Å². The van der Waals surface area contributed by atoms with Gasteiger partial charge in [0, 0.05) is 58.9 Å². The van der Waals surface area contributed by atoms with Crippen LogP contribution in [0.5, 0.6) is 0 Å². The molecule has 2 aliphatic heterocycles. The highest BCUT2D eigenvalue weighted by atomic mass is 16.2. The van der Waals surface area contributed by atoms with E-state index in [4.69, 9.17) is 0 Å². The summed E-state index contributed by atoms with van der Waals surface area (Å²) in [4.78, 5) is 19.9. The Bertz CT molecular complexity index is 366. The number of hydrogen-bond donors (Lipinski definition) is 1. The first-order valence-corrected chi connectivity index (χ1v) is 8.55. The third-order valence-corrected chi connectivity index (χ3v) is 5.30. The molecule has 5 nitrogen and oxygen atoms in total. The van der Waals surface area contributed by atoms with Crippen LogP contribution in [0.2, 0.25) is 0 Å². The van der Waals surface area contributed by atoms with Crippen molar-refractivity contribution in [3.8, 4) is 0 Å². The third kappa shape index (κ3) is 3.58. The summed E-state index contributed by atoms with van der Waals surface area (Å²) < 4.78 is 0. The second-order valence-electron chi connectivity index (χ2n) is 7.33. The SMILES string of the molecule is CC(C)(C(=O)N1CCN(CC2CC2)CC1)N1CCNCC1. The highest BCUT2D eigenvalue weighted by Gasteiger charge is 2.39. The van der Waals surface area contributed by atoms with Crippen molar-refractivity contribution in [2.45, 2.75) is 32.2 Å². The van der Waals surface area contributed by atoms with Crippen LogP contribution in [0, 0.1) is 5.92 Å². The van der Waals surface area contributed by atoms with Crippen molar-refractivity contribution in [3.05, 3.63) is 0 Å². The lowest BCUT2D eigenvalue weighted by atomic mass is 9.99. The molecule has 0 radical (unpaired) electrons. The van der Waals surface area contributed by atoms with E-state index in [0.29, 0.717) is 5.91 Å². The Morgan fingerprint density at radius 2 is 1.67 bits per heavy atom. The van der Waals surface area contributed by atoms with Gasteiger partial charge in [0.1, 0.15) is 0 Å². The van der Waals surface area contributed by atoms with E-state index in [1.165, 1.54) is 19.4 Å². The molecule has 0 aromatic rings. The standard InChI is InChI=1S/C16H30N4O/c1-16(2,20-7-5-17-6-8-20)15(21)19-11-9-18(10-12-19)13-14-3-4-14/h14,17H,3-13H2,1-2H3. The van der Waals surface area contributed by atoms with Crippen LogP contribution in [0.3, 0.4) is 0 Å². The van der Waals surface area contributed by atoms with Crippen molar-refractivity contribution in [1.82, 2.24) is 20.0 Å². The van der Waals surface area contributed by atoms with Gasteiger partial charge >= 0.3 is 0 Å². The minimum atomic E-state index is -0.360. The summed E-state index contributed by atoms with van der Waals surface area (Å²) in [6.07, 6.45) is 2.82. The Hall–Kier alpha value is -0.650. The number of nitrogens with zero attached hydrogens (tertiary/aromatic N) is 3. The van der Waals surface area contributed by atoms with Gasteiger partial charge in [0.15, 0.2) is 0 Å². The number of amides is 1. The number of hydrogen-bond acceptors (Lipinski definition) is 4. The van der Waals surface area contributed by atoms with Crippen LogP contribution in [-0.2, 0) is 4.79 Å². The molecule has 3 rings (SSSR count). The van der Waals surface area contributed by atoms with Crippen molar-refractivity contribution in [1.29, 1.82) is 0 Å². The second-order valence-corrected chi connectivity index (χ2v) is 7.33. The van der Waals surface area contributed by atoms with Crippen LogP contribution < -0.4 is 5.32 Å². The van der Waals surface area contributed by atoms with Gasteiger partial charge in [0.2, 0.25) is 5.91 Å². The summed E-state index contributed by atoms with van der Waals surface area (Å²) in [6.45, 7) is 13.3. The topological polar surface area (TPSA) is 38.8 Å². The lowest BCUT2D eigenvalue weighted by Gasteiger charge is -2.44. The summed E-state index contributed by atoms with van der Waals surface area (Å²) in [5.74, 6) is 1.26. The zero-order valence-corrected chi connectivity index (χ0v) is 13.6. The average molecular weight is 294 g/mol. The summed E-state index contributed by atoms with van der Waals surface area (Å²) in [5.41, 5.74) is -0.360. The first kappa shape index (κ1) is 15.3. The molecular formula is C16H30N4O. The Kier molecular flexibility index (Phi) is 4.52. The summed E-state index contributed by atoms with van der Waals surface area (Å²) in [5, 5.41) is 3.36. The molecule has 1 saturated carbocycles. The van der Waals surface area contributed by atoms with Gasteiger partial charge < -0.3 is 10.2 Å². The fourth-order valence-corrected chi connectivity index (χ4v) is 3.55. The number of carbonyl (C=O) groups excluding carboxylic acids is 1. The molecule has 0 aromatic carbocycles. The van der Waals surface area contributed by atoms with E-state index in [1.54, 1.807) is 0 Å². The molecular weight excluding hydrogens is 264 g/mol. The van der Waals surface area contributed by atoms with Crippen LogP contribution in [0.1, 0.15) is 26.7 Å². The molecule has 3 fully saturated rings. The molecule has 0 aromatic heterocycles. The van der Waals surface area contributed by atoms with E-state index in [2.05, 4.69) is 33.9 Å². The quantitative estimate of drug-likeness (QED) is 0.805. The molecule has 2 heterocycles. The minimum Gasteiger partial charge on any atom is -0.339 e. The predicted octanol–water partition coefficient (Wildman–Crippen LogP) is 0.224. The largest absolute Gasteiger partial charge is 0.339 e. The van der Waals surface area contributed by atoms with Gasteiger partial charge in [0.05, 0.1) is 5.54 Å². The van der Waals surface area contributed by atoms with Gasteiger partial charge in [-0.15, -0.1) is 0 Å². The van der Waals surface area contributed by atoms with Crippen molar-refractivity contribution < 1.29 is 4.79 Å². The van der Waals surface area contributed by atoms with E-state index < -0.39 is 0 Å². The molecule has 0 atom stereocenters. The Labute approximate surface area is 128 Å². The maximum absolute atomic E-state index is 12.9. The lowest BCUT2D eigenvalue weighted by molar-refractivity contribution is -0.145. The van der Waals surface area contributed by atoms with Crippen LogP contribution >= 0.6 is 0 Å². The average Bonchev–Trinajstić information content (AvgIpc) is 3.32. The molecule has 0 unspecified atom stereocenters. The first-order valence-electron chi connectivity index (χ1n) is 8.55. The Balaban J connectivity index is 1.52. The van der Waals surface area contributed by atoms with Crippen molar-refractivity contribution >= 4 is 5.91 Å². The fraction of sp³-hybridized carbons (Fsp3) is 0.938. The normalized spacial score (nSPS) is 26.1. The molecule has 1 N–H and O–H groups in total. The van der Waals surface area contributed by atoms with Gasteiger partial charge in [-0.05, 0) is 32.6 Å². The van der Waals surface area contributed by atoms with Crippen LogP contribution in [0.15, 0.2) is 0 Å². The molecule has 0 bridgehead atoms. The number of carbonyl (C=O) groups is 1. The maximum Gasteiger partial charge on any atom is 0.242 e. The van der Waals surface area contributed by atoms with Crippen LogP contribution in [0.25, 0.3) is 0 Å². The molecule has 120 valence electrons. The van der Waals surface area contributed by atoms with E-state index >= 15 is 0 Å². The Morgan fingerprint density at radius 1 is 1.05 bits per heavy atom. The number of rotatable bonds is 4. The van der Waals surface area contributed by atoms with E-state index in [-0.39, 0.29) is 5.54 Å². The van der Waals surface area contributed by atoms with Gasteiger partial charge in [-0.2, -0.15) is 0 Å². The predicted molar refractivity (Wildman–Crippen MR) is 84.3 cm³/mol. The monoisotopic (exact) mass is 294 g/mol. The smallest absolute Gasteiger partial charge is 0.242 e. The van der Waals surface area contributed by atoms with Crippen LogP contribution in [-0.4, -0.2) is 85.0 Å². The van der Waals surface area contributed by atoms with Crippen LogP contribution in [0.4, 0.5) is 0 Å². The van der Waals surface area contributed by atoms with Gasteiger partial charge in [-0.3, -0.25) is 14.6 Å². The zero-order chi connectivity index (χ0) is 14.9. The first-order chi connectivity index (χ1) is 10.1. The van der Waals surface area contributed by atoms with E-state index in [9.17, 15) is 4.79 Å². The lowest BCUT2D eigenvalue weighted by Crippen LogP contribution is -2.62. The Morgan fingerprint density at radius 3 is 2.24 bits per heavy atom. The highest BCUT2D eigenvalue weighted by Crippen LogP contribution is 2.30. The highest BCUT2D eigenvalue weighted by molar-refractivity contribution is 5.85. The molecule has 1 amide bonds. The minimum absolute atomic E-state index is 0.315. The van der Waals surface area contributed by atoms with Crippen molar-refractivity contribution in [3.63, 3.8) is 0 Å². The molecule has 0 spiro atoms. The molecule has 5 heteroatoms. The summed E-state index contributed by atoms with van der Waals surface area (Å²) >= 11 is 0. The van der Waals surface area contributed by atoms with Gasteiger partial charge in [-0.1, -0.05) is 0 Å². The second kappa shape index (κ2) is 6.23. The van der Waals surface area contributed by atoms with Crippen molar-refractivity contribution in [2.24, 2.45) is 5.92 Å². The molecule has 3 aliphatic rings. The summed E-state index contributed by atoms with van der Waals surface area (Å²) in [7, 11) is 0. The maximum atomic E-state index is 12.9. The zero-order valence-electron chi connectivity index (χ0n) is 13.6. The fourth-order valence-electron chi connectivity index (χ4n) is 3.55. The third-order valence-electron chi connectivity index (χ3n) is 5.30. The number of piperazine rings is 2. The molecule has 1 aliphatic carbocycles. The molecule has 21 heavy (non-hydrogen) atoms. The van der Waals surface area contributed by atoms with Gasteiger partial charge in [0.25, 0.3) is 0 Å².